The topological polar surface area (TPSA) is 48.5 Å². The van der Waals surface area contributed by atoms with E-state index in [2.05, 4.69) is 92.9 Å². The first-order chi connectivity index (χ1) is 19.7. The molecule has 0 unspecified atom stereocenters. The largest absolute Gasteiger partial charge is 0.312 e. The highest BCUT2D eigenvalue weighted by Gasteiger charge is 2.43. The molecule has 4 nitrogen and oxygen atoms in total. The fraction of sp³-hybridized carbons (Fsp3) is 0.162. The van der Waals surface area contributed by atoms with Crippen LogP contribution in [0.3, 0.4) is 0 Å². The summed E-state index contributed by atoms with van der Waals surface area (Å²) in [6.45, 7) is 18.5. The van der Waals surface area contributed by atoms with Gasteiger partial charge in [0, 0.05) is 27.8 Å². The molecule has 1 heterocycles. The summed E-state index contributed by atoms with van der Waals surface area (Å²) in [7, 11) is 0. The van der Waals surface area contributed by atoms with Crippen molar-refractivity contribution in [2.45, 2.75) is 40.0 Å². The van der Waals surface area contributed by atoms with Gasteiger partial charge in [-0.1, -0.05) is 86.1 Å². The van der Waals surface area contributed by atoms with Gasteiger partial charge < -0.3 is 4.90 Å². The molecule has 0 saturated heterocycles. The van der Waals surface area contributed by atoms with Crippen molar-refractivity contribution in [1.29, 1.82) is 5.26 Å². The van der Waals surface area contributed by atoms with Crippen LogP contribution in [-0.4, -0.2) is 5.78 Å². The Morgan fingerprint density at radius 1 is 0.927 bits per heavy atom. The monoisotopic (exact) mass is 531 g/mol. The molecule has 0 amide bonds. The van der Waals surface area contributed by atoms with Crippen LogP contribution in [-0.2, 0) is 5.41 Å². The Bertz CT molecular complexity index is 1950. The van der Waals surface area contributed by atoms with Gasteiger partial charge in [0.05, 0.1) is 24.0 Å². The number of nitrogens with zero attached hydrogens (tertiary/aromatic N) is 3. The van der Waals surface area contributed by atoms with Gasteiger partial charge in [0.15, 0.2) is 5.78 Å². The standard InChI is InChI=1S/C37H29N3O/c1-22-19-23(2)35(24(3)20-22)40-31-17-15-25-11-7-8-12-26(25)34(31)37(4,5)32(40)18-16-29-33(30(21-38)39-6)27-13-9-10-14-28(27)36(29)41/h7-20H,1-5H3/b29-16-,32-18+,33-30-. The van der Waals surface area contributed by atoms with Crippen LogP contribution in [0.25, 0.3) is 21.2 Å². The summed E-state index contributed by atoms with van der Waals surface area (Å²) >= 11 is 0. The van der Waals surface area contributed by atoms with Gasteiger partial charge in [-0.15, -0.1) is 0 Å². The van der Waals surface area contributed by atoms with Crippen molar-refractivity contribution < 1.29 is 4.79 Å². The third-order valence-corrected chi connectivity index (χ3v) is 8.33. The molecule has 4 aromatic rings. The molecule has 0 saturated carbocycles. The first-order valence-electron chi connectivity index (χ1n) is 13.7. The SMILES string of the molecule is [C-]#[N+]\C(C#N)=C1/C(=C/C=C2/N(c3c(C)cc(C)cc3C)c3ccc4ccccc4c3C2(C)C)C(=O)c2ccccc21. The van der Waals surface area contributed by atoms with Crippen molar-refractivity contribution in [1.82, 2.24) is 0 Å². The molecule has 4 aromatic carbocycles. The Labute approximate surface area is 241 Å². The minimum absolute atomic E-state index is 0.0741. The number of Topliss-reactive ketones (excluding diaryl/α,β-unsaturated/α-hetero) is 1. The molecule has 41 heavy (non-hydrogen) atoms. The molecule has 0 radical (unpaired) electrons. The fourth-order valence-electron chi connectivity index (χ4n) is 6.71. The smallest absolute Gasteiger partial charge is 0.270 e. The van der Waals surface area contributed by atoms with Gasteiger partial charge in [-0.05, 0) is 72.0 Å². The number of anilines is 2. The van der Waals surface area contributed by atoms with Crippen molar-refractivity contribution in [3.05, 3.63) is 147 Å². The number of carbonyl (C=O) groups excluding carboxylic acids is 1. The number of allylic oxidation sites excluding steroid dienone is 6. The second-order valence-corrected chi connectivity index (χ2v) is 11.3. The summed E-state index contributed by atoms with van der Waals surface area (Å²) in [4.78, 5) is 19.5. The molecule has 0 bridgehead atoms. The molecule has 0 spiro atoms. The molecule has 0 aromatic heterocycles. The molecular formula is C37H29N3O. The van der Waals surface area contributed by atoms with E-state index in [1.54, 1.807) is 6.07 Å². The number of carbonyl (C=O) groups is 1. The van der Waals surface area contributed by atoms with Crippen LogP contribution in [0.5, 0.6) is 0 Å². The number of aryl methyl sites for hydroxylation is 3. The molecule has 6 rings (SSSR count). The van der Waals surface area contributed by atoms with Crippen molar-refractivity contribution in [2.24, 2.45) is 0 Å². The second kappa shape index (κ2) is 9.47. The van der Waals surface area contributed by atoms with Crippen molar-refractivity contribution in [3.8, 4) is 6.07 Å². The summed E-state index contributed by atoms with van der Waals surface area (Å²) in [5.41, 5.74) is 9.50. The molecule has 198 valence electrons. The molecule has 4 heteroatoms. The number of hydrogen-bond donors (Lipinski definition) is 0. The average molecular weight is 532 g/mol. The molecule has 1 aliphatic heterocycles. The zero-order chi connectivity index (χ0) is 29.1. The summed E-state index contributed by atoms with van der Waals surface area (Å²) in [5, 5.41) is 12.2. The summed E-state index contributed by atoms with van der Waals surface area (Å²) in [6.07, 6.45) is 3.84. The zero-order valence-electron chi connectivity index (χ0n) is 23.8. The number of fused-ring (bicyclic) bond motifs is 4. The minimum atomic E-state index is -0.409. The molecule has 2 aliphatic rings. The fourth-order valence-corrected chi connectivity index (χ4v) is 6.71. The lowest BCUT2D eigenvalue weighted by molar-refractivity contribution is 0.104. The van der Waals surface area contributed by atoms with Gasteiger partial charge in [-0.3, -0.25) is 4.79 Å². The van der Waals surface area contributed by atoms with E-state index < -0.39 is 5.41 Å². The Morgan fingerprint density at radius 2 is 1.59 bits per heavy atom. The first-order valence-corrected chi connectivity index (χ1v) is 13.7. The summed E-state index contributed by atoms with van der Waals surface area (Å²) in [6, 6.07) is 26.5. The van der Waals surface area contributed by atoms with Crippen LogP contribution in [0.1, 0.15) is 52.0 Å². The molecular weight excluding hydrogens is 502 g/mol. The quantitative estimate of drug-likeness (QED) is 0.147. The predicted octanol–water partition coefficient (Wildman–Crippen LogP) is 9.06. The van der Waals surface area contributed by atoms with Gasteiger partial charge in [-0.2, -0.15) is 0 Å². The van der Waals surface area contributed by atoms with Gasteiger partial charge >= 0.3 is 0 Å². The van der Waals surface area contributed by atoms with Crippen molar-refractivity contribution >= 4 is 33.5 Å². The van der Waals surface area contributed by atoms with E-state index in [0.717, 1.165) is 17.1 Å². The number of nitriles is 1. The van der Waals surface area contributed by atoms with E-state index >= 15 is 0 Å². The Hall–Kier alpha value is -5.19. The average Bonchev–Trinajstić information content (AvgIpc) is 3.35. The lowest BCUT2D eigenvalue weighted by Crippen LogP contribution is -2.24. The number of hydrogen-bond acceptors (Lipinski definition) is 3. The maximum Gasteiger partial charge on any atom is 0.270 e. The second-order valence-electron chi connectivity index (χ2n) is 11.3. The molecule has 0 fully saturated rings. The third kappa shape index (κ3) is 3.84. The van der Waals surface area contributed by atoms with Gasteiger partial charge in [0.25, 0.3) is 5.70 Å². The van der Waals surface area contributed by atoms with Crippen LogP contribution < -0.4 is 4.90 Å². The van der Waals surface area contributed by atoms with E-state index in [-0.39, 0.29) is 11.5 Å². The summed E-state index contributed by atoms with van der Waals surface area (Å²) in [5.74, 6) is -0.170. The van der Waals surface area contributed by atoms with Crippen molar-refractivity contribution in [3.63, 3.8) is 0 Å². The van der Waals surface area contributed by atoms with Crippen LogP contribution in [0.2, 0.25) is 0 Å². The van der Waals surface area contributed by atoms with Gasteiger partial charge in [-0.25, -0.2) is 10.1 Å². The highest BCUT2D eigenvalue weighted by atomic mass is 16.1. The van der Waals surface area contributed by atoms with E-state index in [0.29, 0.717) is 22.3 Å². The highest BCUT2D eigenvalue weighted by Crippen LogP contribution is 2.55. The van der Waals surface area contributed by atoms with Gasteiger partial charge in [0.1, 0.15) is 0 Å². The van der Waals surface area contributed by atoms with E-state index in [4.69, 9.17) is 6.57 Å². The van der Waals surface area contributed by atoms with E-state index in [1.165, 1.54) is 33.0 Å². The number of ketones is 1. The zero-order valence-corrected chi connectivity index (χ0v) is 23.8. The highest BCUT2D eigenvalue weighted by molar-refractivity contribution is 6.27. The lowest BCUT2D eigenvalue weighted by Gasteiger charge is -2.30. The molecule has 0 N–H and O–H groups in total. The van der Waals surface area contributed by atoms with E-state index in [1.807, 2.05) is 36.4 Å². The molecule has 0 atom stereocenters. The van der Waals surface area contributed by atoms with Crippen molar-refractivity contribution in [2.75, 3.05) is 4.90 Å². The Balaban J connectivity index is 1.66. The summed E-state index contributed by atoms with van der Waals surface area (Å²) < 4.78 is 0. The Morgan fingerprint density at radius 3 is 2.27 bits per heavy atom. The maximum atomic E-state index is 13.6. The predicted molar refractivity (Wildman–Crippen MR) is 166 cm³/mol. The van der Waals surface area contributed by atoms with Crippen LogP contribution in [0, 0.1) is 38.7 Å². The van der Waals surface area contributed by atoms with E-state index in [9.17, 15) is 10.1 Å². The number of rotatable bonds is 2. The molecule has 1 aliphatic carbocycles. The third-order valence-electron chi connectivity index (χ3n) is 8.33. The minimum Gasteiger partial charge on any atom is -0.312 e. The van der Waals surface area contributed by atoms with Crippen LogP contribution in [0.15, 0.2) is 102 Å². The van der Waals surface area contributed by atoms with Crippen LogP contribution in [0.4, 0.5) is 11.4 Å². The normalized spacial score (nSPS) is 18.4. The van der Waals surface area contributed by atoms with Gasteiger partial charge in [0.2, 0.25) is 0 Å². The van der Waals surface area contributed by atoms with Crippen LogP contribution >= 0.6 is 0 Å². The first kappa shape index (κ1) is 26.1. The number of benzene rings is 4. The Kier molecular flexibility index (Phi) is 6.02. The lowest BCUT2D eigenvalue weighted by atomic mass is 9.81. The maximum absolute atomic E-state index is 13.6.